The van der Waals surface area contributed by atoms with Crippen LogP contribution in [0.2, 0.25) is 15.2 Å². The number of halogens is 3. The molecule has 0 bridgehead atoms. The second kappa shape index (κ2) is 5.64. The van der Waals surface area contributed by atoms with Gasteiger partial charge in [-0.3, -0.25) is 0 Å². The zero-order chi connectivity index (χ0) is 15.1. The highest BCUT2D eigenvalue weighted by atomic mass is 35.5. The third-order valence-electron chi connectivity index (χ3n) is 3.73. The average molecular weight is 343 g/mol. The van der Waals surface area contributed by atoms with Crippen LogP contribution in [-0.2, 0) is 0 Å². The fraction of sp³-hybridized carbons (Fsp3) is 0.333. The van der Waals surface area contributed by atoms with E-state index >= 15 is 0 Å². The number of hydrogen-bond acceptors (Lipinski definition) is 3. The minimum atomic E-state index is 0.329. The first kappa shape index (κ1) is 14.9. The Labute approximate surface area is 138 Å². The summed E-state index contributed by atoms with van der Waals surface area (Å²) in [6, 6.07) is 5.48. The van der Waals surface area contributed by atoms with E-state index in [9.17, 15) is 0 Å². The molecular weight excluding hydrogens is 329 g/mol. The molecule has 1 atom stereocenters. The van der Waals surface area contributed by atoms with Crippen molar-refractivity contribution in [1.29, 1.82) is 0 Å². The van der Waals surface area contributed by atoms with Crippen molar-refractivity contribution < 1.29 is 0 Å². The first-order chi connectivity index (χ1) is 9.97. The van der Waals surface area contributed by atoms with Crippen molar-refractivity contribution in [3.63, 3.8) is 0 Å². The fourth-order valence-corrected chi connectivity index (χ4v) is 3.57. The number of fused-ring (bicyclic) bond motifs is 1. The van der Waals surface area contributed by atoms with Gasteiger partial charge in [-0.25, -0.2) is 9.97 Å². The number of aryl methyl sites for hydroxylation is 1. The van der Waals surface area contributed by atoms with Crippen molar-refractivity contribution in [3.8, 4) is 0 Å². The molecule has 110 valence electrons. The van der Waals surface area contributed by atoms with Gasteiger partial charge in [0.2, 0.25) is 0 Å². The van der Waals surface area contributed by atoms with E-state index in [1.54, 1.807) is 6.07 Å². The predicted molar refractivity (Wildman–Crippen MR) is 88.3 cm³/mol. The molecule has 1 unspecified atom stereocenters. The zero-order valence-electron chi connectivity index (χ0n) is 11.7. The summed E-state index contributed by atoms with van der Waals surface area (Å²) < 4.78 is 0. The Bertz CT molecular complexity index is 703. The number of benzene rings is 1. The van der Waals surface area contributed by atoms with Crippen LogP contribution in [0.3, 0.4) is 0 Å². The second-order valence-corrected chi connectivity index (χ2v) is 6.44. The average Bonchev–Trinajstić information content (AvgIpc) is 2.39. The molecule has 0 aliphatic carbocycles. The van der Waals surface area contributed by atoms with Crippen LogP contribution in [0.15, 0.2) is 18.2 Å². The summed E-state index contributed by atoms with van der Waals surface area (Å²) in [5.74, 6) is 1.83. The van der Waals surface area contributed by atoms with E-state index in [-0.39, 0.29) is 0 Å². The molecule has 1 aliphatic rings. The fourth-order valence-electron chi connectivity index (χ4n) is 2.67. The van der Waals surface area contributed by atoms with E-state index in [2.05, 4.69) is 21.8 Å². The normalized spacial score (nSPS) is 17.8. The maximum Gasteiger partial charge on any atom is 0.141 e. The molecule has 0 fully saturated rings. The number of nitrogens with zero attached hydrogens (tertiary/aromatic N) is 3. The van der Waals surface area contributed by atoms with E-state index < -0.39 is 0 Å². The van der Waals surface area contributed by atoms with Gasteiger partial charge in [-0.2, -0.15) is 0 Å². The molecule has 0 amide bonds. The standard InChI is InChI=1S/C15H14Cl3N3/c1-8-5-6-21(12-4-3-10(16)7-11(12)17)15-13(8)14(18)19-9(2)20-15/h3-4,7-8H,5-6H2,1-2H3. The lowest BCUT2D eigenvalue weighted by atomic mass is 9.95. The molecule has 3 nitrogen and oxygen atoms in total. The van der Waals surface area contributed by atoms with Gasteiger partial charge in [0.05, 0.1) is 10.7 Å². The van der Waals surface area contributed by atoms with Gasteiger partial charge < -0.3 is 4.90 Å². The topological polar surface area (TPSA) is 29.0 Å². The van der Waals surface area contributed by atoms with Gasteiger partial charge in [0, 0.05) is 17.1 Å². The first-order valence-electron chi connectivity index (χ1n) is 6.74. The van der Waals surface area contributed by atoms with Crippen molar-refractivity contribution in [1.82, 2.24) is 9.97 Å². The molecular formula is C15H14Cl3N3. The molecule has 0 N–H and O–H groups in total. The second-order valence-electron chi connectivity index (χ2n) is 5.24. The van der Waals surface area contributed by atoms with Crippen LogP contribution in [0.25, 0.3) is 0 Å². The summed E-state index contributed by atoms with van der Waals surface area (Å²) in [6.45, 7) is 4.82. The summed E-state index contributed by atoms with van der Waals surface area (Å²) in [5, 5.41) is 1.75. The molecule has 1 aromatic carbocycles. The van der Waals surface area contributed by atoms with Crippen LogP contribution in [0.4, 0.5) is 11.5 Å². The summed E-state index contributed by atoms with van der Waals surface area (Å²) in [6.07, 6.45) is 0.970. The lowest BCUT2D eigenvalue weighted by Crippen LogP contribution is -2.28. The number of rotatable bonds is 1. The molecule has 0 radical (unpaired) electrons. The number of anilines is 2. The van der Waals surface area contributed by atoms with Crippen molar-refractivity contribution >= 4 is 46.3 Å². The van der Waals surface area contributed by atoms with Crippen LogP contribution in [0, 0.1) is 6.92 Å². The van der Waals surface area contributed by atoms with Crippen molar-refractivity contribution in [2.24, 2.45) is 0 Å². The molecule has 2 aromatic rings. The van der Waals surface area contributed by atoms with Crippen molar-refractivity contribution in [3.05, 3.63) is 44.8 Å². The van der Waals surface area contributed by atoms with E-state index in [4.69, 9.17) is 34.8 Å². The van der Waals surface area contributed by atoms with E-state index in [1.807, 2.05) is 19.1 Å². The van der Waals surface area contributed by atoms with Gasteiger partial charge in [-0.1, -0.05) is 41.7 Å². The lowest BCUT2D eigenvalue weighted by molar-refractivity contribution is 0.635. The minimum Gasteiger partial charge on any atom is -0.325 e. The molecule has 0 saturated carbocycles. The Balaban J connectivity index is 2.17. The van der Waals surface area contributed by atoms with Gasteiger partial charge in [0.1, 0.15) is 16.8 Å². The molecule has 0 spiro atoms. The Morgan fingerprint density at radius 3 is 2.67 bits per heavy atom. The molecule has 0 saturated heterocycles. The van der Waals surface area contributed by atoms with Crippen LogP contribution in [0.1, 0.15) is 30.7 Å². The smallest absolute Gasteiger partial charge is 0.141 e. The van der Waals surface area contributed by atoms with Gasteiger partial charge >= 0.3 is 0 Å². The van der Waals surface area contributed by atoms with Gasteiger partial charge in [-0.15, -0.1) is 0 Å². The van der Waals surface area contributed by atoms with Gasteiger partial charge in [0.15, 0.2) is 0 Å². The number of hydrogen-bond donors (Lipinski definition) is 0. The zero-order valence-corrected chi connectivity index (χ0v) is 14.0. The SMILES string of the molecule is Cc1nc(Cl)c2c(n1)N(c1ccc(Cl)cc1Cl)CCC2C. The third-order valence-corrected chi connectivity index (χ3v) is 4.55. The summed E-state index contributed by atoms with van der Waals surface area (Å²) >= 11 is 18.7. The lowest BCUT2D eigenvalue weighted by Gasteiger charge is -2.34. The monoisotopic (exact) mass is 341 g/mol. The largest absolute Gasteiger partial charge is 0.325 e. The Morgan fingerprint density at radius 1 is 1.19 bits per heavy atom. The van der Waals surface area contributed by atoms with E-state index in [0.717, 1.165) is 30.0 Å². The van der Waals surface area contributed by atoms with Gasteiger partial charge in [-0.05, 0) is 37.5 Å². The molecule has 3 rings (SSSR count). The van der Waals surface area contributed by atoms with Crippen LogP contribution < -0.4 is 4.90 Å². The molecule has 1 aromatic heterocycles. The first-order valence-corrected chi connectivity index (χ1v) is 7.87. The van der Waals surface area contributed by atoms with E-state index in [1.165, 1.54) is 0 Å². The quantitative estimate of drug-likeness (QED) is 0.651. The Hall–Kier alpha value is -1.03. The molecule has 21 heavy (non-hydrogen) atoms. The Kier molecular flexibility index (Phi) is 4.00. The highest BCUT2D eigenvalue weighted by Crippen LogP contribution is 2.43. The highest BCUT2D eigenvalue weighted by molar-refractivity contribution is 6.36. The minimum absolute atomic E-state index is 0.329. The van der Waals surface area contributed by atoms with Crippen molar-refractivity contribution in [2.75, 3.05) is 11.4 Å². The summed E-state index contributed by atoms with van der Waals surface area (Å²) in [7, 11) is 0. The molecule has 2 heterocycles. The molecule has 1 aliphatic heterocycles. The molecule has 6 heteroatoms. The summed E-state index contributed by atoms with van der Waals surface area (Å²) in [5.41, 5.74) is 1.88. The van der Waals surface area contributed by atoms with Gasteiger partial charge in [0.25, 0.3) is 0 Å². The van der Waals surface area contributed by atoms with Crippen molar-refractivity contribution in [2.45, 2.75) is 26.2 Å². The number of aromatic nitrogens is 2. The maximum absolute atomic E-state index is 6.34. The van der Waals surface area contributed by atoms with Crippen LogP contribution >= 0.6 is 34.8 Å². The third kappa shape index (κ3) is 2.70. The summed E-state index contributed by atoms with van der Waals surface area (Å²) in [4.78, 5) is 11.0. The Morgan fingerprint density at radius 2 is 1.95 bits per heavy atom. The predicted octanol–water partition coefficient (Wildman–Crippen LogP) is 5.39. The van der Waals surface area contributed by atoms with Crippen LogP contribution in [-0.4, -0.2) is 16.5 Å². The maximum atomic E-state index is 6.34. The highest BCUT2D eigenvalue weighted by Gasteiger charge is 2.29. The van der Waals surface area contributed by atoms with Crippen LogP contribution in [0.5, 0.6) is 0 Å². The van der Waals surface area contributed by atoms with E-state index in [0.29, 0.717) is 26.9 Å².